The molecule has 0 saturated carbocycles. The molecular formula is C24H17F2NO3S. The smallest absolute Gasteiger partial charge is 0.341 e. The molecule has 0 aliphatic rings. The van der Waals surface area contributed by atoms with Gasteiger partial charge in [0, 0.05) is 11.1 Å². The minimum atomic E-state index is -4.58. The molecule has 0 atom stereocenters. The van der Waals surface area contributed by atoms with Crippen LogP contribution in [0.5, 0.6) is 0 Å². The number of hydrogen-bond acceptors (Lipinski definition) is 4. The standard InChI is InChI=1S/C24H17F2NO3S/c25-24(26)31(28,29)21-14-10-18(11-15-21)7-6-17-8-12-20(13-9-17)23-27-16-22(30-23)19-4-2-1-3-5-19/h1-16,24H/b7-6+. The second-order valence-electron chi connectivity index (χ2n) is 6.73. The Morgan fingerprint density at radius 3 is 1.94 bits per heavy atom. The summed E-state index contributed by atoms with van der Waals surface area (Å²) in [6, 6.07) is 22.6. The van der Waals surface area contributed by atoms with Crippen molar-refractivity contribution in [3.8, 4) is 22.8 Å². The Labute approximate surface area is 178 Å². The molecule has 31 heavy (non-hydrogen) atoms. The molecule has 0 saturated heterocycles. The van der Waals surface area contributed by atoms with Crippen LogP contribution in [0.25, 0.3) is 34.9 Å². The molecule has 7 heteroatoms. The van der Waals surface area contributed by atoms with E-state index in [1.54, 1.807) is 12.3 Å². The Kier molecular flexibility index (Phi) is 5.77. The summed E-state index contributed by atoms with van der Waals surface area (Å²) in [5.41, 5.74) is 3.38. The Bertz CT molecular complexity index is 1300. The van der Waals surface area contributed by atoms with Crippen LogP contribution < -0.4 is 0 Å². The van der Waals surface area contributed by atoms with Crippen molar-refractivity contribution in [1.29, 1.82) is 0 Å². The van der Waals surface area contributed by atoms with Crippen LogP contribution in [0.4, 0.5) is 8.78 Å². The van der Waals surface area contributed by atoms with Crippen LogP contribution in [0.1, 0.15) is 11.1 Å². The number of oxazole rings is 1. The first-order valence-electron chi connectivity index (χ1n) is 9.35. The van der Waals surface area contributed by atoms with Crippen LogP contribution in [-0.4, -0.2) is 19.2 Å². The zero-order valence-electron chi connectivity index (χ0n) is 16.2. The highest BCUT2D eigenvalue weighted by Gasteiger charge is 2.26. The fourth-order valence-electron chi connectivity index (χ4n) is 2.94. The van der Waals surface area contributed by atoms with Gasteiger partial charge in [-0.25, -0.2) is 13.4 Å². The molecule has 0 aliphatic carbocycles. The van der Waals surface area contributed by atoms with Crippen LogP contribution in [0.2, 0.25) is 0 Å². The molecule has 1 aromatic heterocycles. The summed E-state index contributed by atoms with van der Waals surface area (Å²) in [5.74, 6) is -2.22. The minimum absolute atomic E-state index is 0.398. The largest absolute Gasteiger partial charge is 0.436 e. The van der Waals surface area contributed by atoms with Gasteiger partial charge in [0.1, 0.15) is 0 Å². The summed E-state index contributed by atoms with van der Waals surface area (Å²) < 4.78 is 54.0. The molecule has 3 aromatic carbocycles. The van der Waals surface area contributed by atoms with Gasteiger partial charge in [-0.3, -0.25) is 0 Å². The first kappa shape index (κ1) is 20.7. The summed E-state index contributed by atoms with van der Waals surface area (Å²) in [5, 5.41) is 0. The van der Waals surface area contributed by atoms with Crippen LogP contribution in [0.15, 0.2) is 94.4 Å². The van der Waals surface area contributed by atoms with Gasteiger partial charge in [0.25, 0.3) is 0 Å². The summed E-state index contributed by atoms with van der Waals surface area (Å²) in [4.78, 5) is 3.94. The van der Waals surface area contributed by atoms with Crippen molar-refractivity contribution >= 4 is 22.0 Å². The summed E-state index contributed by atoms with van der Waals surface area (Å²) in [7, 11) is -4.58. The lowest BCUT2D eigenvalue weighted by Crippen LogP contribution is -2.11. The summed E-state index contributed by atoms with van der Waals surface area (Å²) >= 11 is 0. The molecule has 4 nitrogen and oxygen atoms in total. The first-order chi connectivity index (χ1) is 14.9. The van der Waals surface area contributed by atoms with E-state index in [1.807, 2.05) is 60.7 Å². The molecular weight excluding hydrogens is 420 g/mol. The SMILES string of the molecule is O=S(=O)(c1ccc(/C=C/c2ccc(-c3ncc(-c4ccccc4)o3)cc2)cc1)C(F)F. The average molecular weight is 437 g/mol. The van der Waals surface area contributed by atoms with Crippen LogP contribution in [-0.2, 0) is 9.84 Å². The molecule has 0 aliphatic heterocycles. The van der Waals surface area contributed by atoms with E-state index in [4.69, 9.17) is 4.42 Å². The van der Waals surface area contributed by atoms with Crippen molar-refractivity contribution in [2.45, 2.75) is 10.7 Å². The molecule has 0 fully saturated rings. The molecule has 1 heterocycles. The van der Waals surface area contributed by atoms with E-state index >= 15 is 0 Å². The Morgan fingerprint density at radius 2 is 1.35 bits per heavy atom. The lowest BCUT2D eigenvalue weighted by molar-refractivity contribution is 0.234. The maximum Gasteiger partial charge on any atom is 0.341 e. The number of rotatable bonds is 6. The van der Waals surface area contributed by atoms with Gasteiger partial charge in [-0.05, 0) is 35.4 Å². The molecule has 0 N–H and O–H groups in total. The van der Waals surface area contributed by atoms with E-state index < -0.39 is 20.5 Å². The average Bonchev–Trinajstić information content (AvgIpc) is 3.29. The zero-order valence-corrected chi connectivity index (χ0v) is 17.0. The predicted molar refractivity (Wildman–Crippen MR) is 116 cm³/mol. The molecule has 0 amide bonds. The van der Waals surface area contributed by atoms with Crippen molar-refractivity contribution in [2.24, 2.45) is 0 Å². The van der Waals surface area contributed by atoms with Crippen molar-refractivity contribution in [3.05, 3.63) is 96.2 Å². The molecule has 156 valence electrons. The maximum atomic E-state index is 12.6. The predicted octanol–water partition coefficient (Wildman–Crippen LogP) is 6.18. The third kappa shape index (κ3) is 4.62. The van der Waals surface area contributed by atoms with E-state index in [0.717, 1.165) is 16.7 Å². The molecule has 0 bridgehead atoms. The normalized spacial score (nSPS) is 12.0. The van der Waals surface area contributed by atoms with Gasteiger partial charge in [0.2, 0.25) is 15.7 Å². The summed E-state index contributed by atoms with van der Waals surface area (Å²) in [6.45, 7) is 0. The van der Waals surface area contributed by atoms with Crippen molar-refractivity contribution < 1.29 is 21.6 Å². The highest BCUT2D eigenvalue weighted by Crippen LogP contribution is 2.26. The number of alkyl halides is 2. The molecule has 4 aromatic rings. The molecule has 0 unspecified atom stereocenters. The van der Waals surface area contributed by atoms with E-state index in [0.29, 0.717) is 17.2 Å². The van der Waals surface area contributed by atoms with Gasteiger partial charge in [-0.15, -0.1) is 0 Å². The van der Waals surface area contributed by atoms with Crippen LogP contribution in [0.3, 0.4) is 0 Å². The monoisotopic (exact) mass is 437 g/mol. The maximum absolute atomic E-state index is 12.6. The summed E-state index contributed by atoms with van der Waals surface area (Å²) in [6.07, 6.45) is 5.30. The number of halogens is 2. The topological polar surface area (TPSA) is 60.2 Å². The number of aromatic nitrogens is 1. The van der Waals surface area contributed by atoms with Gasteiger partial charge in [-0.2, -0.15) is 8.78 Å². The van der Waals surface area contributed by atoms with Gasteiger partial charge in [0.15, 0.2) is 5.76 Å². The highest BCUT2D eigenvalue weighted by molar-refractivity contribution is 7.91. The van der Waals surface area contributed by atoms with E-state index in [-0.39, 0.29) is 0 Å². The lowest BCUT2D eigenvalue weighted by atomic mass is 10.1. The van der Waals surface area contributed by atoms with E-state index in [1.165, 1.54) is 24.3 Å². The van der Waals surface area contributed by atoms with Crippen molar-refractivity contribution in [1.82, 2.24) is 4.98 Å². The third-order valence-corrected chi connectivity index (χ3v) is 6.03. The number of benzene rings is 3. The second kappa shape index (κ2) is 8.65. The van der Waals surface area contributed by atoms with Gasteiger partial charge in [0.05, 0.1) is 11.1 Å². The Balaban J connectivity index is 1.47. The minimum Gasteiger partial charge on any atom is -0.436 e. The third-order valence-electron chi connectivity index (χ3n) is 4.63. The number of nitrogens with zero attached hydrogens (tertiary/aromatic N) is 1. The van der Waals surface area contributed by atoms with Crippen LogP contribution >= 0.6 is 0 Å². The highest BCUT2D eigenvalue weighted by atomic mass is 32.2. The quantitative estimate of drug-likeness (QED) is 0.338. The second-order valence-corrected chi connectivity index (χ2v) is 8.64. The molecule has 0 spiro atoms. The lowest BCUT2D eigenvalue weighted by Gasteiger charge is -2.03. The Hall–Kier alpha value is -3.58. The van der Waals surface area contributed by atoms with Gasteiger partial charge >= 0.3 is 5.76 Å². The number of sulfone groups is 1. The van der Waals surface area contributed by atoms with Crippen molar-refractivity contribution in [2.75, 3.05) is 0 Å². The van der Waals surface area contributed by atoms with E-state index in [9.17, 15) is 17.2 Å². The fraction of sp³-hybridized carbons (Fsp3) is 0.0417. The first-order valence-corrected chi connectivity index (χ1v) is 10.9. The van der Waals surface area contributed by atoms with Gasteiger partial charge < -0.3 is 4.42 Å². The Morgan fingerprint density at radius 1 is 0.774 bits per heavy atom. The van der Waals surface area contributed by atoms with E-state index in [2.05, 4.69) is 4.98 Å². The van der Waals surface area contributed by atoms with Crippen molar-refractivity contribution in [3.63, 3.8) is 0 Å². The van der Waals surface area contributed by atoms with Gasteiger partial charge in [-0.1, -0.05) is 66.7 Å². The van der Waals surface area contributed by atoms with Crippen LogP contribution in [0, 0.1) is 0 Å². The molecule has 4 rings (SSSR count). The molecule has 0 radical (unpaired) electrons. The fourth-order valence-corrected chi connectivity index (χ4v) is 3.67. The zero-order chi connectivity index (χ0) is 21.8. The number of hydrogen-bond donors (Lipinski definition) is 0.